The lowest BCUT2D eigenvalue weighted by molar-refractivity contribution is -0.146. The van der Waals surface area contributed by atoms with Crippen LogP contribution in [0.4, 0.5) is 4.79 Å². The number of hydrogen-bond acceptors (Lipinski definition) is 4. The number of carboxylic acid groups (broad SMARTS) is 1. The molecule has 0 bridgehead atoms. The molecule has 7 nitrogen and oxygen atoms in total. The summed E-state index contributed by atoms with van der Waals surface area (Å²) in [5, 5.41) is 12.2. The number of nitrogens with one attached hydrogen (secondary N) is 1. The van der Waals surface area contributed by atoms with Crippen LogP contribution in [0.2, 0.25) is 0 Å². The van der Waals surface area contributed by atoms with Gasteiger partial charge in [0.2, 0.25) is 5.91 Å². The van der Waals surface area contributed by atoms with Gasteiger partial charge in [0.15, 0.2) is 0 Å². The van der Waals surface area contributed by atoms with Crippen molar-refractivity contribution in [2.75, 3.05) is 13.2 Å². The van der Waals surface area contributed by atoms with Crippen molar-refractivity contribution in [1.82, 2.24) is 10.2 Å². The van der Waals surface area contributed by atoms with Crippen LogP contribution in [-0.2, 0) is 14.3 Å². The summed E-state index contributed by atoms with van der Waals surface area (Å²) < 4.78 is 5.73. The number of likely N-dealkylation sites (tertiary alicyclic amines) is 1. The molecule has 2 aromatic carbocycles. The van der Waals surface area contributed by atoms with Crippen molar-refractivity contribution < 1.29 is 24.2 Å². The number of amides is 2. The molecule has 2 fully saturated rings. The van der Waals surface area contributed by atoms with Gasteiger partial charge in [0, 0.05) is 18.5 Å². The summed E-state index contributed by atoms with van der Waals surface area (Å²) >= 11 is 0. The summed E-state index contributed by atoms with van der Waals surface area (Å²) in [5.41, 5.74) is 3.48. The third kappa shape index (κ3) is 4.51. The molecule has 2 N–H and O–H groups in total. The first-order valence-corrected chi connectivity index (χ1v) is 12.5. The molecular weight excluding hydrogens is 444 g/mol. The van der Waals surface area contributed by atoms with Crippen LogP contribution in [0.3, 0.4) is 0 Å². The van der Waals surface area contributed by atoms with E-state index in [-0.39, 0.29) is 36.8 Å². The molecule has 2 atom stereocenters. The third-order valence-electron chi connectivity index (χ3n) is 7.84. The maximum atomic E-state index is 13.7. The number of ether oxygens (including phenoxy) is 1. The van der Waals surface area contributed by atoms with Gasteiger partial charge < -0.3 is 20.1 Å². The Bertz CT molecular complexity index is 1100. The maximum Gasteiger partial charge on any atom is 0.408 e. The molecule has 0 radical (unpaired) electrons. The van der Waals surface area contributed by atoms with Gasteiger partial charge in [-0.1, -0.05) is 48.5 Å². The summed E-state index contributed by atoms with van der Waals surface area (Å²) in [6.45, 7) is 2.46. The minimum absolute atomic E-state index is 0.0305. The molecular formula is C28H32N2O5. The Balaban J connectivity index is 1.29. The van der Waals surface area contributed by atoms with Crippen LogP contribution in [0.1, 0.15) is 62.5 Å². The number of aliphatic carboxylic acids is 1. The quantitative estimate of drug-likeness (QED) is 0.611. The zero-order valence-electron chi connectivity index (χ0n) is 20.0. The first-order chi connectivity index (χ1) is 16.9. The molecule has 35 heavy (non-hydrogen) atoms. The Morgan fingerprint density at radius 2 is 1.63 bits per heavy atom. The number of alkyl carbamates (subject to hydrolysis) is 1. The van der Waals surface area contributed by atoms with Gasteiger partial charge in [-0.3, -0.25) is 9.59 Å². The van der Waals surface area contributed by atoms with Gasteiger partial charge in [-0.2, -0.15) is 0 Å². The van der Waals surface area contributed by atoms with E-state index in [2.05, 4.69) is 29.6 Å². The average molecular weight is 477 g/mol. The highest BCUT2D eigenvalue weighted by Gasteiger charge is 2.51. The van der Waals surface area contributed by atoms with Crippen LogP contribution >= 0.6 is 0 Å². The van der Waals surface area contributed by atoms with E-state index in [1.165, 1.54) is 0 Å². The predicted octanol–water partition coefficient (Wildman–Crippen LogP) is 4.55. The number of carbonyl (C=O) groups excluding carboxylic acids is 2. The lowest BCUT2D eigenvalue weighted by Gasteiger charge is -2.41. The van der Waals surface area contributed by atoms with E-state index in [1.807, 2.05) is 24.3 Å². The van der Waals surface area contributed by atoms with Crippen molar-refractivity contribution in [3.05, 3.63) is 59.7 Å². The van der Waals surface area contributed by atoms with Crippen molar-refractivity contribution >= 4 is 18.0 Å². The first kappa shape index (κ1) is 23.4. The number of rotatable bonds is 7. The Kier molecular flexibility index (Phi) is 6.26. The van der Waals surface area contributed by atoms with E-state index in [1.54, 1.807) is 11.8 Å². The fourth-order valence-corrected chi connectivity index (χ4v) is 5.82. The predicted molar refractivity (Wildman–Crippen MR) is 131 cm³/mol. The van der Waals surface area contributed by atoms with Crippen molar-refractivity contribution in [2.24, 2.45) is 5.92 Å². The molecule has 5 rings (SSSR count). The van der Waals surface area contributed by atoms with Gasteiger partial charge in [-0.25, -0.2) is 4.79 Å². The summed E-state index contributed by atoms with van der Waals surface area (Å²) in [5.74, 6) is -1.13. The molecule has 0 aromatic heterocycles. The van der Waals surface area contributed by atoms with Crippen LogP contribution in [0.25, 0.3) is 11.1 Å². The van der Waals surface area contributed by atoms with Crippen LogP contribution < -0.4 is 5.32 Å². The number of piperidine rings is 1. The molecule has 7 heteroatoms. The SMILES string of the molecule is CC(NC(=O)OCC1c2ccccc2-c2ccccc21)(C(=O)N1CCCC[C@@H]1CC(=O)O)C1CC1. The molecule has 0 spiro atoms. The van der Waals surface area contributed by atoms with E-state index in [9.17, 15) is 19.5 Å². The Morgan fingerprint density at radius 3 is 2.23 bits per heavy atom. The van der Waals surface area contributed by atoms with E-state index < -0.39 is 17.6 Å². The molecule has 2 aliphatic carbocycles. The third-order valence-corrected chi connectivity index (χ3v) is 7.84. The lowest BCUT2D eigenvalue weighted by atomic mass is 9.90. The Labute approximate surface area is 205 Å². The molecule has 2 amide bonds. The highest BCUT2D eigenvalue weighted by atomic mass is 16.5. The van der Waals surface area contributed by atoms with E-state index in [0.29, 0.717) is 13.0 Å². The van der Waals surface area contributed by atoms with Gasteiger partial charge in [-0.05, 0) is 67.2 Å². The number of benzene rings is 2. The van der Waals surface area contributed by atoms with Gasteiger partial charge in [0.1, 0.15) is 12.1 Å². The largest absolute Gasteiger partial charge is 0.481 e. The summed E-state index contributed by atoms with van der Waals surface area (Å²) in [7, 11) is 0. The van der Waals surface area contributed by atoms with E-state index in [0.717, 1.165) is 47.9 Å². The fourth-order valence-electron chi connectivity index (χ4n) is 5.82. The highest BCUT2D eigenvalue weighted by molar-refractivity contribution is 5.91. The molecule has 1 saturated carbocycles. The Morgan fingerprint density at radius 1 is 1.00 bits per heavy atom. The molecule has 2 aromatic rings. The molecule has 1 aliphatic heterocycles. The second-order valence-corrected chi connectivity index (χ2v) is 10.2. The highest BCUT2D eigenvalue weighted by Crippen LogP contribution is 2.45. The van der Waals surface area contributed by atoms with E-state index >= 15 is 0 Å². The Hall–Kier alpha value is -3.35. The molecule has 1 unspecified atom stereocenters. The summed E-state index contributed by atoms with van der Waals surface area (Å²) in [6.07, 6.45) is 3.43. The van der Waals surface area contributed by atoms with Gasteiger partial charge in [-0.15, -0.1) is 0 Å². The minimum Gasteiger partial charge on any atom is -0.481 e. The van der Waals surface area contributed by atoms with Crippen molar-refractivity contribution in [3.8, 4) is 11.1 Å². The second-order valence-electron chi connectivity index (χ2n) is 10.2. The fraction of sp³-hybridized carbons (Fsp3) is 0.464. The number of fused-ring (bicyclic) bond motifs is 3. The standard InChI is InChI=1S/C28H32N2O5/c1-28(18-13-14-18,26(33)30-15-7-6-8-19(30)16-25(31)32)29-27(34)35-17-24-22-11-4-2-9-20(22)21-10-3-5-12-23(21)24/h2-5,9-12,18-19,24H,6-8,13-17H2,1H3,(H,29,34)(H,31,32)/t19-,28?/m1/s1. The topological polar surface area (TPSA) is 95.9 Å². The average Bonchev–Trinajstić information content (AvgIpc) is 3.66. The number of carbonyl (C=O) groups is 3. The van der Waals surface area contributed by atoms with Crippen molar-refractivity contribution in [2.45, 2.75) is 62.9 Å². The van der Waals surface area contributed by atoms with Crippen molar-refractivity contribution in [1.29, 1.82) is 0 Å². The minimum atomic E-state index is -1.10. The van der Waals surface area contributed by atoms with Gasteiger partial charge >= 0.3 is 12.1 Å². The maximum absolute atomic E-state index is 13.7. The molecule has 1 saturated heterocycles. The molecule has 3 aliphatic rings. The molecule has 184 valence electrons. The van der Waals surface area contributed by atoms with Crippen LogP contribution in [0.5, 0.6) is 0 Å². The zero-order valence-corrected chi connectivity index (χ0v) is 20.0. The van der Waals surface area contributed by atoms with Gasteiger partial charge in [0.25, 0.3) is 0 Å². The van der Waals surface area contributed by atoms with Gasteiger partial charge in [0.05, 0.1) is 6.42 Å². The van der Waals surface area contributed by atoms with E-state index in [4.69, 9.17) is 4.74 Å². The lowest BCUT2D eigenvalue weighted by Crippen LogP contribution is -2.62. The molecule has 1 heterocycles. The number of nitrogens with zero attached hydrogens (tertiary/aromatic N) is 1. The van der Waals surface area contributed by atoms with Crippen LogP contribution in [0, 0.1) is 5.92 Å². The smallest absolute Gasteiger partial charge is 0.408 e. The second kappa shape index (κ2) is 9.36. The first-order valence-electron chi connectivity index (χ1n) is 12.5. The monoisotopic (exact) mass is 476 g/mol. The number of hydrogen-bond donors (Lipinski definition) is 2. The summed E-state index contributed by atoms with van der Waals surface area (Å²) in [6, 6.07) is 16.0. The summed E-state index contributed by atoms with van der Waals surface area (Å²) in [4.78, 5) is 39.7. The van der Waals surface area contributed by atoms with Crippen molar-refractivity contribution in [3.63, 3.8) is 0 Å². The normalized spacial score (nSPS) is 20.9. The van der Waals surface area contributed by atoms with Crippen LogP contribution in [0.15, 0.2) is 48.5 Å². The zero-order chi connectivity index (χ0) is 24.6. The number of carboxylic acids is 1. The van der Waals surface area contributed by atoms with Crippen LogP contribution in [-0.4, -0.2) is 52.7 Å².